The van der Waals surface area contributed by atoms with Crippen molar-refractivity contribution in [1.29, 1.82) is 0 Å². The van der Waals surface area contributed by atoms with E-state index in [1.54, 1.807) is 7.11 Å². The van der Waals surface area contributed by atoms with E-state index >= 15 is 0 Å². The van der Waals surface area contributed by atoms with E-state index in [1.165, 1.54) is 0 Å². The number of likely N-dealkylation sites (tertiary alicyclic amines) is 1. The van der Waals surface area contributed by atoms with Crippen LogP contribution in [0.2, 0.25) is 0 Å². The van der Waals surface area contributed by atoms with Gasteiger partial charge in [0.05, 0.1) is 11.0 Å². The number of benzene rings is 3. The van der Waals surface area contributed by atoms with Crippen LogP contribution in [0.15, 0.2) is 78.9 Å². The highest BCUT2D eigenvalue weighted by molar-refractivity contribution is 5.78. The number of nitrogens with two attached hydrogens (primary N) is 1. The molecular weight excluding hydrogens is 488 g/mol. The summed E-state index contributed by atoms with van der Waals surface area (Å²) in [5, 5.41) is 0. The Balaban J connectivity index is 1.19. The zero-order chi connectivity index (χ0) is 27.0. The summed E-state index contributed by atoms with van der Waals surface area (Å²) in [7, 11) is 1.73. The first kappa shape index (κ1) is 26.9. The van der Waals surface area contributed by atoms with Crippen LogP contribution in [0.5, 0.6) is 11.5 Å². The molecule has 3 aromatic carbocycles. The molecule has 5 rings (SSSR count). The number of fused-ring (bicyclic) bond motifs is 1. The van der Waals surface area contributed by atoms with Crippen molar-refractivity contribution in [2.24, 2.45) is 5.73 Å². The van der Waals surface area contributed by atoms with Crippen LogP contribution >= 0.6 is 0 Å². The standard InChI is InChI=1S/C32H38N4O3/c1-38-20-8-19-36-30-13-6-5-12-29(30)34-32(36)25-9-7-18-35(23-25)31(37)22-26(33)21-24-14-16-28(17-15-24)39-27-10-3-2-4-11-27/h2-6,10-17,25-26H,7-9,18-23,33H2,1H3/t25-,26-/m1/s1. The second kappa shape index (κ2) is 12.9. The molecule has 1 aromatic heterocycles. The van der Waals surface area contributed by atoms with Gasteiger partial charge in [-0.1, -0.05) is 42.5 Å². The van der Waals surface area contributed by atoms with Crippen molar-refractivity contribution in [3.63, 3.8) is 0 Å². The lowest BCUT2D eigenvalue weighted by Crippen LogP contribution is -2.42. The van der Waals surface area contributed by atoms with Gasteiger partial charge in [-0.2, -0.15) is 0 Å². The van der Waals surface area contributed by atoms with E-state index in [1.807, 2.05) is 65.6 Å². The molecule has 2 N–H and O–H groups in total. The number of hydrogen-bond donors (Lipinski definition) is 1. The van der Waals surface area contributed by atoms with Crippen molar-refractivity contribution in [2.45, 2.75) is 50.6 Å². The molecule has 4 aromatic rings. The molecule has 7 heteroatoms. The Bertz CT molecular complexity index is 1350. The normalized spacial score (nSPS) is 16.4. The number of methoxy groups -OCH3 is 1. The summed E-state index contributed by atoms with van der Waals surface area (Å²) in [6.45, 7) is 3.03. The Hall–Kier alpha value is -3.68. The highest BCUT2D eigenvalue weighted by Gasteiger charge is 2.29. The summed E-state index contributed by atoms with van der Waals surface area (Å²) in [5.41, 5.74) is 9.71. The Morgan fingerprint density at radius 2 is 1.77 bits per heavy atom. The van der Waals surface area contributed by atoms with E-state index in [0.29, 0.717) is 26.0 Å². The maximum absolute atomic E-state index is 13.3. The Kier molecular flexibility index (Phi) is 8.91. The number of nitrogens with zero attached hydrogens (tertiary/aromatic N) is 3. The molecule has 0 radical (unpaired) electrons. The molecule has 1 saturated heterocycles. The van der Waals surface area contributed by atoms with Gasteiger partial charge in [0.2, 0.25) is 5.91 Å². The summed E-state index contributed by atoms with van der Waals surface area (Å²) in [4.78, 5) is 20.3. The van der Waals surface area contributed by atoms with E-state index in [0.717, 1.165) is 66.3 Å². The summed E-state index contributed by atoms with van der Waals surface area (Å²) < 4.78 is 13.5. The predicted molar refractivity (Wildman–Crippen MR) is 154 cm³/mol. The van der Waals surface area contributed by atoms with Crippen LogP contribution in [0.4, 0.5) is 0 Å². The van der Waals surface area contributed by atoms with Gasteiger partial charge in [-0.05, 0) is 67.6 Å². The second-order valence-corrected chi connectivity index (χ2v) is 10.4. The minimum Gasteiger partial charge on any atom is -0.457 e. The average Bonchev–Trinajstić information content (AvgIpc) is 3.33. The monoisotopic (exact) mass is 526 g/mol. The van der Waals surface area contributed by atoms with Crippen molar-refractivity contribution >= 4 is 16.9 Å². The van der Waals surface area contributed by atoms with Crippen molar-refractivity contribution in [1.82, 2.24) is 14.5 Å². The van der Waals surface area contributed by atoms with Gasteiger partial charge >= 0.3 is 0 Å². The maximum Gasteiger partial charge on any atom is 0.224 e. The third-order valence-electron chi connectivity index (χ3n) is 7.39. The quantitative estimate of drug-likeness (QED) is 0.260. The van der Waals surface area contributed by atoms with Gasteiger partial charge in [0.15, 0.2) is 0 Å². The van der Waals surface area contributed by atoms with E-state index in [2.05, 4.69) is 22.8 Å². The van der Waals surface area contributed by atoms with E-state index < -0.39 is 0 Å². The fraction of sp³-hybridized carbons (Fsp3) is 0.375. The maximum atomic E-state index is 13.3. The Morgan fingerprint density at radius 3 is 2.56 bits per heavy atom. The van der Waals surface area contributed by atoms with E-state index in [-0.39, 0.29) is 17.9 Å². The lowest BCUT2D eigenvalue weighted by Gasteiger charge is -2.33. The molecule has 1 amide bonds. The minimum absolute atomic E-state index is 0.123. The second-order valence-electron chi connectivity index (χ2n) is 10.4. The molecule has 0 aliphatic carbocycles. The number of ether oxygens (including phenoxy) is 2. The first-order valence-corrected chi connectivity index (χ1v) is 13.9. The topological polar surface area (TPSA) is 82.6 Å². The van der Waals surface area contributed by atoms with Gasteiger partial charge in [-0.15, -0.1) is 0 Å². The van der Waals surface area contributed by atoms with Gasteiger partial charge < -0.3 is 24.7 Å². The highest BCUT2D eigenvalue weighted by Crippen LogP contribution is 2.30. The molecule has 0 saturated carbocycles. The molecule has 7 nitrogen and oxygen atoms in total. The van der Waals surface area contributed by atoms with Gasteiger partial charge in [-0.3, -0.25) is 4.79 Å². The van der Waals surface area contributed by atoms with Crippen molar-refractivity contribution in [2.75, 3.05) is 26.8 Å². The van der Waals surface area contributed by atoms with E-state index in [9.17, 15) is 4.79 Å². The summed E-state index contributed by atoms with van der Waals surface area (Å²) >= 11 is 0. The summed E-state index contributed by atoms with van der Waals surface area (Å²) in [5.74, 6) is 3.00. The molecule has 0 bridgehead atoms. The largest absolute Gasteiger partial charge is 0.457 e. The van der Waals surface area contributed by atoms with Crippen LogP contribution in [0.25, 0.3) is 11.0 Å². The number of aromatic nitrogens is 2. The molecule has 0 unspecified atom stereocenters. The number of amides is 1. The summed E-state index contributed by atoms with van der Waals surface area (Å²) in [6, 6.07) is 25.7. The third-order valence-corrected chi connectivity index (χ3v) is 7.39. The number of piperidine rings is 1. The van der Waals surface area contributed by atoms with Crippen LogP contribution in [0, 0.1) is 0 Å². The Labute approximate surface area is 230 Å². The molecule has 2 heterocycles. The van der Waals surface area contributed by atoms with Gasteiger partial charge in [0, 0.05) is 51.7 Å². The molecule has 2 atom stereocenters. The lowest BCUT2D eigenvalue weighted by molar-refractivity contribution is -0.132. The molecule has 1 aliphatic heterocycles. The molecule has 204 valence electrons. The molecule has 1 fully saturated rings. The van der Waals surface area contributed by atoms with Crippen molar-refractivity contribution in [3.05, 3.63) is 90.3 Å². The predicted octanol–water partition coefficient (Wildman–Crippen LogP) is 5.53. The first-order chi connectivity index (χ1) is 19.1. The SMILES string of the molecule is COCCCn1c([C@@H]2CCCN(C(=O)C[C@H](N)Cc3ccc(Oc4ccccc4)cc3)C2)nc2ccccc21. The number of carbonyl (C=O) groups is 1. The number of imidazole rings is 1. The van der Waals surface area contributed by atoms with Crippen molar-refractivity contribution < 1.29 is 14.3 Å². The van der Waals surface area contributed by atoms with Crippen molar-refractivity contribution in [3.8, 4) is 11.5 Å². The van der Waals surface area contributed by atoms with Crippen LogP contribution in [-0.4, -0.2) is 53.2 Å². The number of rotatable bonds is 11. The lowest BCUT2D eigenvalue weighted by atomic mass is 9.96. The third kappa shape index (κ3) is 6.85. The number of carbonyl (C=O) groups excluding carboxylic acids is 1. The number of hydrogen-bond acceptors (Lipinski definition) is 5. The van der Waals surface area contributed by atoms with Gasteiger partial charge in [0.1, 0.15) is 17.3 Å². The highest BCUT2D eigenvalue weighted by atomic mass is 16.5. The van der Waals surface area contributed by atoms with Crippen LogP contribution < -0.4 is 10.5 Å². The molecule has 1 aliphatic rings. The molecule has 39 heavy (non-hydrogen) atoms. The number of aryl methyl sites for hydroxylation is 1. The zero-order valence-corrected chi connectivity index (χ0v) is 22.7. The first-order valence-electron chi connectivity index (χ1n) is 13.9. The van der Waals surface area contributed by atoms with E-state index in [4.69, 9.17) is 20.2 Å². The van der Waals surface area contributed by atoms with Gasteiger partial charge in [-0.25, -0.2) is 4.98 Å². The minimum atomic E-state index is -0.239. The Morgan fingerprint density at radius 1 is 1.03 bits per heavy atom. The molecule has 0 spiro atoms. The average molecular weight is 527 g/mol. The van der Waals surface area contributed by atoms with Crippen LogP contribution in [0.3, 0.4) is 0 Å². The van der Waals surface area contributed by atoms with Crippen LogP contribution in [0.1, 0.15) is 43.0 Å². The smallest absolute Gasteiger partial charge is 0.224 e. The zero-order valence-electron chi connectivity index (χ0n) is 22.7. The fourth-order valence-corrected chi connectivity index (χ4v) is 5.47. The molecular formula is C32H38N4O3. The number of para-hydroxylation sites is 3. The summed E-state index contributed by atoms with van der Waals surface area (Å²) in [6.07, 6.45) is 3.90. The van der Waals surface area contributed by atoms with Gasteiger partial charge in [0.25, 0.3) is 0 Å². The van der Waals surface area contributed by atoms with Crippen LogP contribution in [-0.2, 0) is 22.5 Å². The fourth-order valence-electron chi connectivity index (χ4n) is 5.47.